The molecule has 1 aliphatic heterocycles. The zero-order valence-corrected chi connectivity index (χ0v) is 16.9. The van der Waals surface area contributed by atoms with Crippen molar-refractivity contribution in [2.24, 2.45) is 11.8 Å². The largest absolute Gasteiger partial charge is 0.466 e. The minimum absolute atomic E-state index is 0.303. The summed E-state index contributed by atoms with van der Waals surface area (Å²) in [5.41, 5.74) is -9.19. The standard InChI is InChI=1S/C17H19F6NO6S/c1-3-29-12(25)10-9(8-6-5-7-31-8)11(13(26)30-4-2)15(28,17(21,22)23)24-14(10,27)16(18,19)20/h5-7,9-11,24,27-28H,3-4H2,1-2H3/t9?,10-,11-,14-,15+/m1/s1. The van der Waals surface area contributed by atoms with E-state index in [1.807, 2.05) is 0 Å². The highest BCUT2D eigenvalue weighted by molar-refractivity contribution is 7.10. The number of piperidine rings is 1. The average molecular weight is 479 g/mol. The molecule has 14 heteroatoms. The van der Waals surface area contributed by atoms with Crippen molar-refractivity contribution in [1.29, 1.82) is 0 Å². The Kier molecular flexibility index (Phi) is 7.00. The van der Waals surface area contributed by atoms with E-state index in [1.54, 1.807) is 0 Å². The molecular weight excluding hydrogens is 460 g/mol. The van der Waals surface area contributed by atoms with Crippen molar-refractivity contribution in [2.45, 2.75) is 43.6 Å². The van der Waals surface area contributed by atoms with Gasteiger partial charge < -0.3 is 19.7 Å². The van der Waals surface area contributed by atoms with Crippen molar-refractivity contribution in [1.82, 2.24) is 5.32 Å². The van der Waals surface area contributed by atoms with Gasteiger partial charge in [-0.05, 0) is 25.3 Å². The lowest BCUT2D eigenvalue weighted by molar-refractivity contribution is -0.376. The Hall–Kier alpha value is -1.90. The lowest BCUT2D eigenvalue weighted by Crippen LogP contribution is -2.81. The smallest absolute Gasteiger partial charge is 0.432 e. The fourth-order valence-electron chi connectivity index (χ4n) is 3.56. The van der Waals surface area contributed by atoms with Crippen LogP contribution in [-0.2, 0) is 19.1 Å². The Balaban J connectivity index is 2.89. The van der Waals surface area contributed by atoms with Crippen LogP contribution in [0.4, 0.5) is 26.3 Å². The molecule has 3 N–H and O–H groups in total. The van der Waals surface area contributed by atoms with Crippen LogP contribution >= 0.6 is 11.3 Å². The zero-order valence-electron chi connectivity index (χ0n) is 16.1. The Labute approximate surface area is 175 Å². The molecule has 1 aromatic rings. The number of ether oxygens (including phenoxy) is 2. The Morgan fingerprint density at radius 2 is 1.42 bits per heavy atom. The molecule has 1 unspecified atom stereocenters. The quantitative estimate of drug-likeness (QED) is 0.440. The molecule has 2 rings (SSSR count). The van der Waals surface area contributed by atoms with Crippen LogP contribution in [0.2, 0.25) is 0 Å². The molecule has 7 nitrogen and oxygen atoms in total. The fourth-order valence-corrected chi connectivity index (χ4v) is 4.46. The number of alkyl halides is 6. The third kappa shape index (κ3) is 4.25. The second kappa shape index (κ2) is 8.56. The van der Waals surface area contributed by atoms with Crippen LogP contribution in [0.1, 0.15) is 24.6 Å². The van der Waals surface area contributed by atoms with Crippen LogP contribution in [-0.4, -0.2) is 59.2 Å². The summed E-state index contributed by atoms with van der Waals surface area (Å²) in [5.74, 6) is -11.3. The molecule has 2 heterocycles. The SMILES string of the molecule is CCOC(=O)[C@H]1C(c2cccs2)[C@H](C(=O)OCC)[C@](O)(C(F)(F)F)N[C@]1(O)C(F)(F)F. The molecule has 31 heavy (non-hydrogen) atoms. The number of thiophene rings is 1. The fraction of sp³-hybridized carbons (Fsp3) is 0.647. The number of carbonyl (C=O) groups is 2. The molecule has 0 saturated carbocycles. The van der Waals surface area contributed by atoms with E-state index in [2.05, 4.69) is 9.47 Å². The lowest BCUT2D eigenvalue weighted by Gasteiger charge is -2.53. The van der Waals surface area contributed by atoms with Crippen molar-refractivity contribution in [3.63, 3.8) is 0 Å². The first-order valence-electron chi connectivity index (χ1n) is 8.89. The first kappa shape index (κ1) is 25.4. The van der Waals surface area contributed by atoms with Gasteiger partial charge in [-0.25, -0.2) is 5.32 Å². The highest BCUT2D eigenvalue weighted by Gasteiger charge is 2.78. The Morgan fingerprint density at radius 1 is 1.00 bits per heavy atom. The van der Waals surface area contributed by atoms with Gasteiger partial charge in [-0.15, -0.1) is 11.3 Å². The number of carbonyl (C=O) groups excluding carboxylic acids is 2. The van der Waals surface area contributed by atoms with E-state index in [1.165, 1.54) is 25.3 Å². The number of hydrogen-bond donors (Lipinski definition) is 3. The highest BCUT2D eigenvalue weighted by Crippen LogP contribution is 2.56. The van der Waals surface area contributed by atoms with Gasteiger partial charge in [0.1, 0.15) is 11.8 Å². The van der Waals surface area contributed by atoms with Gasteiger partial charge in [0.25, 0.3) is 0 Å². The molecule has 1 aliphatic rings. The van der Waals surface area contributed by atoms with Gasteiger partial charge in [0.05, 0.1) is 13.2 Å². The normalized spacial score (nSPS) is 31.9. The molecule has 5 atom stereocenters. The van der Waals surface area contributed by atoms with Gasteiger partial charge in [0.15, 0.2) is 0 Å². The van der Waals surface area contributed by atoms with E-state index in [9.17, 15) is 46.1 Å². The van der Waals surface area contributed by atoms with Crippen LogP contribution in [0.3, 0.4) is 0 Å². The Morgan fingerprint density at radius 3 is 1.71 bits per heavy atom. The molecule has 1 aromatic heterocycles. The summed E-state index contributed by atoms with van der Waals surface area (Å²) >= 11 is 0.630. The number of nitrogens with one attached hydrogen (secondary N) is 1. The third-order valence-corrected chi connectivity index (χ3v) is 5.79. The molecule has 0 spiro atoms. The summed E-state index contributed by atoms with van der Waals surface area (Å²) < 4.78 is 92.5. The van der Waals surface area contributed by atoms with Crippen molar-refractivity contribution in [3.05, 3.63) is 22.4 Å². The molecule has 1 saturated heterocycles. The Bertz CT molecular complexity index is 752. The zero-order chi connectivity index (χ0) is 23.8. The van der Waals surface area contributed by atoms with Crippen LogP contribution in [0.15, 0.2) is 17.5 Å². The minimum atomic E-state index is -5.89. The van der Waals surface area contributed by atoms with Gasteiger partial charge in [0, 0.05) is 10.8 Å². The molecule has 0 aliphatic carbocycles. The monoisotopic (exact) mass is 479 g/mol. The predicted octanol–water partition coefficient (Wildman–Crippen LogP) is 2.30. The highest BCUT2D eigenvalue weighted by atomic mass is 32.1. The van der Waals surface area contributed by atoms with E-state index in [0.29, 0.717) is 11.3 Å². The minimum Gasteiger partial charge on any atom is -0.466 e. The number of aliphatic hydroxyl groups is 2. The summed E-state index contributed by atoms with van der Waals surface area (Å²) in [5, 5.41) is 22.8. The summed E-state index contributed by atoms with van der Waals surface area (Å²) in [7, 11) is 0. The van der Waals surface area contributed by atoms with Crippen LogP contribution in [0, 0.1) is 11.8 Å². The van der Waals surface area contributed by atoms with E-state index in [0.717, 1.165) is 11.4 Å². The van der Waals surface area contributed by atoms with Crippen LogP contribution in [0.5, 0.6) is 0 Å². The first-order valence-corrected chi connectivity index (χ1v) is 9.77. The maximum atomic E-state index is 13.9. The van der Waals surface area contributed by atoms with E-state index in [-0.39, 0.29) is 4.88 Å². The van der Waals surface area contributed by atoms with Crippen molar-refractivity contribution < 1.29 is 55.6 Å². The van der Waals surface area contributed by atoms with E-state index in [4.69, 9.17) is 0 Å². The van der Waals surface area contributed by atoms with Gasteiger partial charge >= 0.3 is 24.3 Å². The van der Waals surface area contributed by atoms with Crippen LogP contribution in [0.25, 0.3) is 0 Å². The second-order valence-electron chi connectivity index (χ2n) is 6.65. The summed E-state index contributed by atoms with van der Waals surface area (Å²) in [4.78, 5) is 24.7. The third-order valence-electron chi connectivity index (χ3n) is 4.82. The molecule has 1 fully saturated rings. The number of hydrogen-bond acceptors (Lipinski definition) is 8. The maximum Gasteiger partial charge on any atom is 0.432 e. The predicted molar refractivity (Wildman–Crippen MR) is 92.5 cm³/mol. The van der Waals surface area contributed by atoms with Crippen LogP contribution < -0.4 is 5.32 Å². The van der Waals surface area contributed by atoms with Gasteiger partial charge in [-0.3, -0.25) is 9.59 Å². The maximum absolute atomic E-state index is 13.9. The number of rotatable bonds is 5. The molecule has 0 radical (unpaired) electrons. The second-order valence-corrected chi connectivity index (χ2v) is 7.63. The van der Waals surface area contributed by atoms with Gasteiger partial charge in [0.2, 0.25) is 11.4 Å². The topological polar surface area (TPSA) is 105 Å². The van der Waals surface area contributed by atoms with Gasteiger partial charge in [-0.2, -0.15) is 26.3 Å². The summed E-state index contributed by atoms with van der Waals surface area (Å²) in [6.07, 6.45) is -11.8. The summed E-state index contributed by atoms with van der Waals surface area (Å²) in [6.45, 7) is 1.54. The number of esters is 2. The van der Waals surface area contributed by atoms with Crippen molar-refractivity contribution in [2.75, 3.05) is 13.2 Å². The van der Waals surface area contributed by atoms with E-state index < -0.39 is 66.7 Å². The van der Waals surface area contributed by atoms with E-state index >= 15 is 0 Å². The number of halogens is 6. The average Bonchev–Trinajstić information content (AvgIpc) is 3.13. The first-order chi connectivity index (χ1) is 14.2. The lowest BCUT2D eigenvalue weighted by atomic mass is 9.66. The summed E-state index contributed by atoms with van der Waals surface area (Å²) in [6, 6.07) is 2.33. The van der Waals surface area contributed by atoms with Crippen molar-refractivity contribution >= 4 is 23.3 Å². The van der Waals surface area contributed by atoms with Gasteiger partial charge in [-0.1, -0.05) is 6.07 Å². The molecular formula is C17H19F6NO6S. The molecule has 176 valence electrons. The molecule has 0 amide bonds. The molecule has 0 bridgehead atoms. The molecule has 0 aromatic carbocycles. The van der Waals surface area contributed by atoms with Crippen molar-refractivity contribution in [3.8, 4) is 0 Å².